The first-order valence-corrected chi connectivity index (χ1v) is 8.76. The van der Waals surface area contributed by atoms with Crippen molar-refractivity contribution in [1.82, 2.24) is 14.7 Å². The van der Waals surface area contributed by atoms with E-state index in [0.717, 1.165) is 24.9 Å². The van der Waals surface area contributed by atoms with E-state index >= 15 is 0 Å². The van der Waals surface area contributed by atoms with Crippen LogP contribution in [-0.2, 0) is 6.54 Å². The van der Waals surface area contributed by atoms with Gasteiger partial charge in [-0.05, 0) is 48.2 Å². The van der Waals surface area contributed by atoms with Crippen molar-refractivity contribution in [3.63, 3.8) is 0 Å². The predicted molar refractivity (Wildman–Crippen MR) is 87.7 cm³/mol. The van der Waals surface area contributed by atoms with Crippen molar-refractivity contribution in [1.29, 1.82) is 0 Å². The Hall–Kier alpha value is -0.880. The van der Waals surface area contributed by atoms with E-state index < -0.39 is 0 Å². The number of nitrogens with zero attached hydrogens (tertiary/aromatic N) is 3. The molecule has 0 spiro atoms. The van der Waals surface area contributed by atoms with E-state index in [9.17, 15) is 4.79 Å². The first kappa shape index (κ1) is 15.0. The summed E-state index contributed by atoms with van der Waals surface area (Å²) < 4.78 is 2.17. The lowest BCUT2D eigenvalue weighted by Crippen LogP contribution is -2.34. The lowest BCUT2D eigenvalue weighted by atomic mass is 10.1. The highest BCUT2D eigenvalue weighted by Gasteiger charge is 2.37. The third-order valence-electron chi connectivity index (χ3n) is 4.66. The van der Waals surface area contributed by atoms with E-state index in [1.165, 1.54) is 25.9 Å². The van der Waals surface area contributed by atoms with Crippen LogP contribution in [-0.4, -0.2) is 39.9 Å². The van der Waals surface area contributed by atoms with Gasteiger partial charge in [0, 0.05) is 25.2 Å². The molecular formula is C15H23BrN4O. The maximum atomic E-state index is 12.3. The third-order valence-corrected chi connectivity index (χ3v) is 5.42. The Morgan fingerprint density at radius 3 is 3.10 bits per heavy atom. The van der Waals surface area contributed by atoms with Crippen LogP contribution < -0.4 is 10.9 Å². The number of halogens is 1. The lowest BCUT2D eigenvalue weighted by molar-refractivity contribution is 0.318. The summed E-state index contributed by atoms with van der Waals surface area (Å²) in [5, 5.41) is 7.84. The summed E-state index contributed by atoms with van der Waals surface area (Å²) in [5.41, 5.74) is 0.807. The maximum Gasteiger partial charge on any atom is 0.283 e. The van der Waals surface area contributed by atoms with Gasteiger partial charge in [0.15, 0.2) is 0 Å². The second kappa shape index (κ2) is 6.48. The van der Waals surface area contributed by atoms with E-state index in [0.29, 0.717) is 23.1 Å². The number of anilines is 1. The van der Waals surface area contributed by atoms with E-state index in [1.54, 1.807) is 10.9 Å². The molecule has 6 heteroatoms. The molecule has 2 atom stereocenters. The zero-order chi connectivity index (χ0) is 14.8. The van der Waals surface area contributed by atoms with Crippen molar-refractivity contribution < 1.29 is 0 Å². The van der Waals surface area contributed by atoms with Crippen molar-refractivity contribution in [2.75, 3.05) is 18.4 Å². The molecule has 0 aliphatic carbocycles. The number of aryl methyl sites for hydroxylation is 1. The van der Waals surface area contributed by atoms with Crippen LogP contribution >= 0.6 is 15.9 Å². The zero-order valence-corrected chi connectivity index (χ0v) is 14.1. The number of nitrogens with one attached hydrogen (secondary N) is 1. The fourth-order valence-electron chi connectivity index (χ4n) is 3.48. The van der Waals surface area contributed by atoms with Crippen LogP contribution in [0.4, 0.5) is 5.69 Å². The predicted octanol–water partition coefficient (Wildman–Crippen LogP) is 2.45. The molecule has 2 unspecified atom stereocenters. The largest absolute Gasteiger partial charge is 0.378 e. The van der Waals surface area contributed by atoms with Crippen molar-refractivity contribution in [2.24, 2.45) is 0 Å². The summed E-state index contributed by atoms with van der Waals surface area (Å²) in [4.78, 5) is 14.9. The first-order valence-electron chi connectivity index (χ1n) is 7.97. The fourth-order valence-corrected chi connectivity index (χ4v) is 3.90. The Labute approximate surface area is 133 Å². The molecule has 0 bridgehead atoms. The second-order valence-corrected chi connectivity index (χ2v) is 6.83. The van der Waals surface area contributed by atoms with Gasteiger partial charge in [0.1, 0.15) is 4.47 Å². The average Bonchev–Trinajstić information content (AvgIpc) is 3.08. The van der Waals surface area contributed by atoms with Gasteiger partial charge in [-0.2, -0.15) is 5.10 Å². The van der Waals surface area contributed by atoms with Crippen LogP contribution in [0.15, 0.2) is 15.5 Å². The minimum Gasteiger partial charge on any atom is -0.378 e. The standard InChI is InChI=1S/C15H23BrN4O/c1-2-3-8-20-15(21)14(16)12(10-17-20)18-11-6-9-19-7-4-5-13(11)19/h10-11,13,18H,2-9H2,1H3. The molecule has 116 valence electrons. The number of unbranched alkanes of at least 4 members (excludes halogenated alkanes) is 1. The smallest absolute Gasteiger partial charge is 0.283 e. The first-order chi connectivity index (χ1) is 10.2. The van der Waals surface area contributed by atoms with Gasteiger partial charge in [0.2, 0.25) is 0 Å². The van der Waals surface area contributed by atoms with Crippen LogP contribution in [0.1, 0.15) is 39.0 Å². The van der Waals surface area contributed by atoms with E-state index in [2.05, 4.69) is 38.2 Å². The number of aromatic nitrogens is 2. The molecule has 2 aliphatic rings. The topological polar surface area (TPSA) is 50.2 Å². The molecule has 21 heavy (non-hydrogen) atoms. The average molecular weight is 355 g/mol. The molecule has 0 amide bonds. The van der Waals surface area contributed by atoms with Crippen molar-refractivity contribution >= 4 is 21.6 Å². The van der Waals surface area contributed by atoms with Crippen LogP contribution in [0.3, 0.4) is 0 Å². The van der Waals surface area contributed by atoms with E-state index in [1.807, 2.05) is 0 Å². The number of hydrogen-bond donors (Lipinski definition) is 1. The minimum atomic E-state index is -0.0327. The Balaban J connectivity index is 1.74. The van der Waals surface area contributed by atoms with Gasteiger partial charge in [-0.1, -0.05) is 13.3 Å². The Morgan fingerprint density at radius 1 is 1.43 bits per heavy atom. The lowest BCUT2D eigenvalue weighted by Gasteiger charge is -2.22. The van der Waals surface area contributed by atoms with E-state index in [-0.39, 0.29) is 5.56 Å². The summed E-state index contributed by atoms with van der Waals surface area (Å²) in [7, 11) is 0. The third kappa shape index (κ3) is 3.01. The van der Waals surface area contributed by atoms with Gasteiger partial charge < -0.3 is 5.32 Å². The van der Waals surface area contributed by atoms with Crippen LogP contribution in [0.2, 0.25) is 0 Å². The normalized spacial score (nSPS) is 25.2. The van der Waals surface area contributed by atoms with E-state index in [4.69, 9.17) is 0 Å². The second-order valence-electron chi connectivity index (χ2n) is 6.04. The number of rotatable bonds is 5. The Morgan fingerprint density at radius 2 is 2.29 bits per heavy atom. The van der Waals surface area contributed by atoms with Crippen LogP contribution in [0, 0.1) is 0 Å². The highest BCUT2D eigenvalue weighted by Crippen LogP contribution is 2.31. The van der Waals surface area contributed by atoms with Crippen molar-refractivity contribution in [2.45, 2.75) is 57.7 Å². The molecule has 0 aromatic carbocycles. The monoisotopic (exact) mass is 354 g/mol. The molecule has 3 rings (SSSR count). The van der Waals surface area contributed by atoms with Gasteiger partial charge in [0.25, 0.3) is 5.56 Å². The molecule has 5 nitrogen and oxygen atoms in total. The molecule has 1 aromatic heterocycles. The minimum absolute atomic E-state index is 0.0327. The van der Waals surface area contributed by atoms with Gasteiger partial charge in [-0.25, -0.2) is 4.68 Å². The molecule has 1 N–H and O–H groups in total. The molecule has 1 aromatic rings. The highest BCUT2D eigenvalue weighted by atomic mass is 79.9. The molecule has 3 heterocycles. The van der Waals surface area contributed by atoms with Crippen LogP contribution in [0.5, 0.6) is 0 Å². The van der Waals surface area contributed by atoms with Crippen molar-refractivity contribution in [3.05, 3.63) is 21.0 Å². The molecule has 0 saturated carbocycles. The molecule has 0 radical (unpaired) electrons. The SMILES string of the molecule is CCCCn1ncc(NC2CCN3CCCC23)c(Br)c1=O. The summed E-state index contributed by atoms with van der Waals surface area (Å²) in [6.45, 7) is 5.19. The van der Waals surface area contributed by atoms with Crippen molar-refractivity contribution in [3.8, 4) is 0 Å². The summed E-state index contributed by atoms with van der Waals surface area (Å²) in [6.07, 6.45) is 7.53. The van der Waals surface area contributed by atoms with Crippen LogP contribution in [0.25, 0.3) is 0 Å². The molecule has 2 aliphatic heterocycles. The molecule has 2 saturated heterocycles. The summed E-state index contributed by atoms with van der Waals surface area (Å²) in [5.74, 6) is 0. The Bertz CT molecular complexity index is 559. The van der Waals surface area contributed by atoms with Gasteiger partial charge in [-0.15, -0.1) is 0 Å². The summed E-state index contributed by atoms with van der Waals surface area (Å²) in [6, 6.07) is 1.07. The highest BCUT2D eigenvalue weighted by molar-refractivity contribution is 9.10. The van der Waals surface area contributed by atoms with Gasteiger partial charge in [-0.3, -0.25) is 9.69 Å². The van der Waals surface area contributed by atoms with Gasteiger partial charge in [0.05, 0.1) is 11.9 Å². The Kier molecular flexibility index (Phi) is 4.64. The van der Waals surface area contributed by atoms with Gasteiger partial charge >= 0.3 is 0 Å². The maximum absolute atomic E-state index is 12.3. The molecular weight excluding hydrogens is 332 g/mol. The number of fused-ring (bicyclic) bond motifs is 1. The zero-order valence-electron chi connectivity index (χ0n) is 12.5. The molecule has 2 fully saturated rings. The number of hydrogen-bond acceptors (Lipinski definition) is 4. The quantitative estimate of drug-likeness (QED) is 0.882. The fraction of sp³-hybridized carbons (Fsp3) is 0.733. The summed E-state index contributed by atoms with van der Waals surface area (Å²) >= 11 is 3.45.